The molecule has 8 atom stereocenters. The number of aromatic hydroxyl groups is 2. The molecule has 1 amide bonds. The van der Waals surface area contributed by atoms with Crippen LogP contribution in [0.1, 0.15) is 94.7 Å². The van der Waals surface area contributed by atoms with E-state index >= 15 is 0 Å². The van der Waals surface area contributed by atoms with Gasteiger partial charge in [0.1, 0.15) is 17.6 Å². The SMILES string of the molecule is CO[C@@H]1[C@@H](O)[C@@H](CO)C(N=C2CC(=O)c3c(cc4c(c3O)C(=O)[C@]3(OC)[C@H](O)Cc5cc(C)c(C(=O)N6CCCC6)c(O)c5[C@]3(O)C4=O)C2=O)O[C@H]1C. The van der Waals surface area contributed by atoms with Gasteiger partial charge in [-0.05, 0) is 43.9 Å². The molecule has 1 unspecified atom stereocenters. The van der Waals surface area contributed by atoms with Crippen LogP contribution in [-0.4, -0.2) is 140 Å². The molecule has 7 rings (SSSR count). The molecular weight excluding hydrogens is 696 g/mol. The summed E-state index contributed by atoms with van der Waals surface area (Å²) in [7, 11) is 2.30. The minimum Gasteiger partial charge on any atom is -0.507 e. The minimum atomic E-state index is -3.20. The third-order valence-electron chi connectivity index (χ3n) is 11.6. The van der Waals surface area contributed by atoms with Gasteiger partial charge in [-0.15, -0.1) is 0 Å². The van der Waals surface area contributed by atoms with E-state index in [-0.39, 0.29) is 11.1 Å². The third-order valence-corrected chi connectivity index (χ3v) is 11.6. The van der Waals surface area contributed by atoms with Gasteiger partial charge in [-0.2, -0.15) is 0 Å². The van der Waals surface area contributed by atoms with E-state index in [1.165, 1.54) is 18.1 Å². The molecule has 0 spiro atoms. The summed E-state index contributed by atoms with van der Waals surface area (Å²) >= 11 is 0. The highest BCUT2D eigenvalue weighted by Gasteiger charge is 2.72. The van der Waals surface area contributed by atoms with Crippen LogP contribution in [0.2, 0.25) is 0 Å². The number of aliphatic imine (C=N–C) groups is 1. The molecule has 2 aliphatic heterocycles. The van der Waals surface area contributed by atoms with Crippen LogP contribution in [-0.2, 0) is 26.2 Å². The molecule has 282 valence electrons. The van der Waals surface area contributed by atoms with Gasteiger partial charge in [0.15, 0.2) is 23.2 Å². The van der Waals surface area contributed by atoms with Crippen molar-refractivity contribution in [2.45, 2.75) is 81.4 Å². The van der Waals surface area contributed by atoms with Crippen LogP contribution in [0, 0.1) is 12.8 Å². The average Bonchev–Trinajstić information content (AvgIpc) is 3.65. The predicted molar refractivity (Wildman–Crippen MR) is 181 cm³/mol. The fourth-order valence-electron chi connectivity index (χ4n) is 8.93. The van der Waals surface area contributed by atoms with E-state index in [1.54, 1.807) is 13.8 Å². The standard InChI is InChI=1S/C37H40N2O14/c1-14-9-16-10-22(42)37(52-4)33(48)25-18(32(47)36(37,50)26(16)30(46)23(14)35(49)39-7-5-6-8-39)11-17-24(29(25)45)21(41)12-20(27(17)43)38-34-19(13-40)28(44)31(51-3)15(2)53-34/h9,11,15,19,22,28,31,34,40,42,44-46,50H,5-8,10,12-13H2,1-4H3/t15-,19+,22+,28-,31-,34?,36-,37+/m0/s1. The Morgan fingerprint density at radius 1 is 1.02 bits per heavy atom. The molecule has 6 N–H and O–H groups in total. The van der Waals surface area contributed by atoms with Crippen molar-refractivity contribution in [3.05, 3.63) is 56.6 Å². The van der Waals surface area contributed by atoms with Crippen molar-refractivity contribution in [2.75, 3.05) is 33.9 Å². The molecule has 2 aromatic rings. The van der Waals surface area contributed by atoms with Crippen LogP contribution < -0.4 is 0 Å². The number of aliphatic hydroxyl groups excluding tert-OH is 3. The first-order valence-electron chi connectivity index (χ1n) is 17.3. The number of nitrogens with zero attached hydrogens (tertiary/aromatic N) is 2. The lowest BCUT2D eigenvalue weighted by Crippen LogP contribution is -2.73. The van der Waals surface area contributed by atoms with Crippen molar-refractivity contribution in [3.8, 4) is 11.5 Å². The first-order valence-corrected chi connectivity index (χ1v) is 17.3. The van der Waals surface area contributed by atoms with Crippen molar-refractivity contribution in [1.82, 2.24) is 4.90 Å². The summed E-state index contributed by atoms with van der Waals surface area (Å²) < 4.78 is 16.7. The van der Waals surface area contributed by atoms with Crippen molar-refractivity contribution < 1.29 is 68.8 Å². The van der Waals surface area contributed by atoms with Gasteiger partial charge in [0, 0.05) is 50.4 Å². The average molecular weight is 737 g/mol. The van der Waals surface area contributed by atoms with Gasteiger partial charge in [-0.1, -0.05) is 6.07 Å². The Bertz CT molecular complexity index is 2020. The zero-order valence-electron chi connectivity index (χ0n) is 29.4. The second-order valence-corrected chi connectivity index (χ2v) is 14.3. The number of ether oxygens (including phenoxy) is 3. The Morgan fingerprint density at radius 3 is 2.32 bits per heavy atom. The van der Waals surface area contributed by atoms with Crippen LogP contribution >= 0.6 is 0 Å². The summed E-state index contributed by atoms with van der Waals surface area (Å²) in [5.74, 6) is -7.98. The number of aliphatic hydroxyl groups is 4. The molecule has 2 heterocycles. The minimum absolute atomic E-state index is 0.0474. The maximum atomic E-state index is 14.8. The highest BCUT2D eigenvalue weighted by atomic mass is 16.6. The van der Waals surface area contributed by atoms with Crippen molar-refractivity contribution >= 4 is 34.8 Å². The number of ketones is 4. The zero-order valence-corrected chi connectivity index (χ0v) is 29.4. The number of Topliss-reactive ketones (excluding diaryl/α,β-unsaturated/α-hetero) is 4. The Morgan fingerprint density at radius 2 is 1.70 bits per heavy atom. The Hall–Kier alpha value is -4.42. The van der Waals surface area contributed by atoms with Crippen LogP contribution in [0.5, 0.6) is 11.5 Å². The Balaban J connectivity index is 1.39. The molecule has 16 heteroatoms. The number of carbonyl (C=O) groups excluding carboxylic acids is 5. The number of methoxy groups -OCH3 is 2. The van der Waals surface area contributed by atoms with E-state index < -0.39 is 141 Å². The number of aryl methyl sites for hydroxylation is 1. The molecule has 2 aromatic carbocycles. The smallest absolute Gasteiger partial charge is 0.257 e. The van der Waals surface area contributed by atoms with Crippen LogP contribution in [0.15, 0.2) is 17.1 Å². The molecule has 0 aromatic heterocycles. The Labute approximate surface area is 302 Å². The highest BCUT2D eigenvalue weighted by Crippen LogP contribution is 2.56. The number of hydrogen-bond acceptors (Lipinski definition) is 15. The van der Waals surface area contributed by atoms with Gasteiger partial charge >= 0.3 is 0 Å². The number of benzene rings is 2. The fourth-order valence-corrected chi connectivity index (χ4v) is 8.93. The fraction of sp³-hybridized carbons (Fsp3) is 0.514. The van der Waals surface area contributed by atoms with E-state index in [1.807, 2.05) is 0 Å². The number of rotatable bonds is 5. The van der Waals surface area contributed by atoms with Gasteiger partial charge < -0.3 is 49.7 Å². The van der Waals surface area contributed by atoms with Gasteiger partial charge in [0.05, 0.1) is 59.7 Å². The summed E-state index contributed by atoms with van der Waals surface area (Å²) in [5.41, 5.74) is -9.55. The summed E-state index contributed by atoms with van der Waals surface area (Å²) in [6, 6.07) is 2.30. The number of likely N-dealkylation sites (tertiary alicyclic amines) is 1. The topological polar surface area (TPSA) is 250 Å². The second kappa shape index (κ2) is 12.9. The summed E-state index contributed by atoms with van der Waals surface area (Å²) in [4.78, 5) is 76.4. The lowest BCUT2D eigenvalue weighted by atomic mass is 9.56. The monoisotopic (exact) mass is 736 g/mol. The van der Waals surface area contributed by atoms with Crippen molar-refractivity contribution in [1.29, 1.82) is 0 Å². The van der Waals surface area contributed by atoms with Crippen LogP contribution in [0.4, 0.5) is 0 Å². The number of phenols is 2. The zero-order chi connectivity index (χ0) is 38.5. The largest absolute Gasteiger partial charge is 0.507 e. The van der Waals surface area contributed by atoms with E-state index in [2.05, 4.69) is 4.99 Å². The summed E-state index contributed by atoms with van der Waals surface area (Å²) in [6.07, 6.45) is -5.71. The van der Waals surface area contributed by atoms with Crippen molar-refractivity contribution in [3.63, 3.8) is 0 Å². The van der Waals surface area contributed by atoms with Gasteiger partial charge in [-0.25, -0.2) is 0 Å². The maximum Gasteiger partial charge on any atom is 0.257 e. The van der Waals surface area contributed by atoms with E-state index in [4.69, 9.17) is 14.2 Å². The van der Waals surface area contributed by atoms with Crippen molar-refractivity contribution in [2.24, 2.45) is 10.9 Å². The molecule has 53 heavy (non-hydrogen) atoms. The lowest BCUT2D eigenvalue weighted by Gasteiger charge is -2.53. The quantitative estimate of drug-likeness (QED) is 0.239. The lowest BCUT2D eigenvalue weighted by molar-refractivity contribution is -0.206. The molecule has 3 aliphatic carbocycles. The van der Waals surface area contributed by atoms with Gasteiger partial charge in [0.2, 0.25) is 17.3 Å². The molecule has 0 radical (unpaired) electrons. The summed E-state index contributed by atoms with van der Waals surface area (Å²) in [6.45, 7) is 3.33. The number of fused-ring (bicyclic) bond motifs is 5. The summed E-state index contributed by atoms with van der Waals surface area (Å²) in [5, 5.41) is 68.4. The van der Waals surface area contributed by atoms with Gasteiger partial charge in [0.25, 0.3) is 5.91 Å². The molecule has 16 nitrogen and oxygen atoms in total. The molecule has 5 aliphatic rings. The third kappa shape index (κ3) is 4.86. The van der Waals surface area contributed by atoms with Gasteiger partial charge in [-0.3, -0.25) is 29.0 Å². The number of hydrogen-bond donors (Lipinski definition) is 6. The van der Waals surface area contributed by atoms with Crippen LogP contribution in [0.3, 0.4) is 0 Å². The molecular formula is C37H40N2O14. The number of phenolic OH excluding ortho intramolecular Hbond substituents is 2. The van der Waals surface area contributed by atoms with E-state index in [0.717, 1.165) is 26.0 Å². The van der Waals surface area contributed by atoms with E-state index in [9.17, 15) is 54.6 Å². The van der Waals surface area contributed by atoms with E-state index in [0.29, 0.717) is 18.7 Å². The molecule has 0 bridgehead atoms. The molecule has 2 saturated heterocycles. The Kier molecular flexibility index (Phi) is 8.96. The molecule has 0 saturated carbocycles. The first kappa shape index (κ1) is 36.9. The first-order chi connectivity index (χ1) is 25.1. The normalized spacial score (nSPS) is 33.1. The number of carbonyl (C=O) groups is 5. The number of amides is 1. The molecule has 2 fully saturated rings. The highest BCUT2D eigenvalue weighted by molar-refractivity contribution is 6.53. The maximum absolute atomic E-state index is 14.8. The van der Waals surface area contributed by atoms with Crippen LogP contribution in [0.25, 0.3) is 0 Å². The predicted octanol–water partition coefficient (Wildman–Crippen LogP) is 0.151. The second-order valence-electron chi connectivity index (χ2n) is 14.3.